The molecule has 1 N–H and O–H groups in total. The van der Waals surface area contributed by atoms with Crippen LogP contribution in [0.2, 0.25) is 0 Å². The van der Waals surface area contributed by atoms with Crippen molar-refractivity contribution in [3.8, 4) is 11.4 Å². The second kappa shape index (κ2) is 4.79. The Morgan fingerprint density at radius 1 is 1.23 bits per heavy atom. The summed E-state index contributed by atoms with van der Waals surface area (Å²) in [5.41, 5.74) is -0.353. The lowest BCUT2D eigenvalue weighted by Gasteiger charge is -2.07. The van der Waals surface area contributed by atoms with Gasteiger partial charge in [-0.2, -0.15) is 13.2 Å². The summed E-state index contributed by atoms with van der Waals surface area (Å²) >= 11 is 0. The smallest absolute Gasteiger partial charge is 0.323 e. The molecule has 3 aromatic rings. The molecular weight excluding hydrogens is 301 g/mol. The molecule has 3 rings (SSSR count). The average Bonchev–Trinajstić information content (AvgIpc) is 2.89. The number of nitrogens with one attached hydrogen (secondary N) is 1. The number of rotatable bonds is 2. The van der Waals surface area contributed by atoms with Crippen LogP contribution in [0.5, 0.6) is 0 Å². The third kappa shape index (κ3) is 2.48. The first-order valence-electron chi connectivity index (χ1n) is 6.02. The summed E-state index contributed by atoms with van der Waals surface area (Å²) in [5.74, 6) is 0.161. The molecule has 0 unspecified atom stereocenters. The third-order valence-electron chi connectivity index (χ3n) is 3.00. The maximum absolute atomic E-state index is 12.7. The molecule has 22 heavy (non-hydrogen) atoms. The van der Waals surface area contributed by atoms with Crippen LogP contribution in [0, 0.1) is 10.1 Å². The third-order valence-corrected chi connectivity index (χ3v) is 3.00. The minimum absolute atomic E-state index is 0.161. The highest BCUT2D eigenvalue weighted by molar-refractivity contribution is 5.77. The van der Waals surface area contributed by atoms with E-state index in [-0.39, 0.29) is 28.2 Å². The minimum Gasteiger partial charge on any atom is -0.323 e. The van der Waals surface area contributed by atoms with Crippen LogP contribution in [0.1, 0.15) is 5.56 Å². The van der Waals surface area contributed by atoms with Gasteiger partial charge in [-0.15, -0.1) is 0 Å². The first-order valence-corrected chi connectivity index (χ1v) is 6.02. The number of aromatic amines is 1. The predicted molar refractivity (Wildman–Crippen MR) is 71.0 cm³/mol. The van der Waals surface area contributed by atoms with Gasteiger partial charge in [-0.1, -0.05) is 12.1 Å². The molecule has 0 spiro atoms. The maximum Gasteiger partial charge on any atom is 0.416 e. The monoisotopic (exact) mass is 308 g/mol. The molecule has 0 atom stereocenters. The standard InChI is InChI=1S/C13H7F3N4O2/c14-13(15,16)8-3-1-2-7(4-8)11-18-10-5-9(20(21)22)6-17-12(10)19-11/h1-6H,(H,17,18,19). The number of aromatic nitrogens is 3. The Balaban J connectivity index is 2.09. The molecule has 1 aromatic carbocycles. The molecule has 2 aromatic heterocycles. The van der Waals surface area contributed by atoms with E-state index >= 15 is 0 Å². The number of hydrogen-bond donors (Lipinski definition) is 1. The number of fused-ring (bicyclic) bond motifs is 1. The lowest BCUT2D eigenvalue weighted by molar-refractivity contribution is -0.385. The number of nitro groups is 1. The molecule has 0 fully saturated rings. The average molecular weight is 308 g/mol. The van der Waals surface area contributed by atoms with Crippen molar-refractivity contribution in [1.29, 1.82) is 0 Å². The number of alkyl halides is 3. The van der Waals surface area contributed by atoms with E-state index in [1.54, 1.807) is 0 Å². The predicted octanol–water partition coefficient (Wildman–Crippen LogP) is 3.55. The summed E-state index contributed by atoms with van der Waals surface area (Å²) in [4.78, 5) is 20.7. The highest BCUT2D eigenvalue weighted by Crippen LogP contribution is 2.32. The molecule has 112 valence electrons. The first kappa shape index (κ1) is 14.0. The van der Waals surface area contributed by atoms with Crippen LogP contribution in [0.3, 0.4) is 0 Å². The molecule has 0 aliphatic heterocycles. The van der Waals surface area contributed by atoms with Gasteiger partial charge in [0.25, 0.3) is 5.69 Å². The van der Waals surface area contributed by atoms with Crippen LogP contribution in [-0.4, -0.2) is 19.9 Å². The van der Waals surface area contributed by atoms with Crippen LogP contribution in [-0.2, 0) is 6.18 Å². The lowest BCUT2D eigenvalue weighted by atomic mass is 10.1. The van der Waals surface area contributed by atoms with E-state index in [2.05, 4.69) is 15.0 Å². The Kier molecular flexibility index (Phi) is 3.05. The van der Waals surface area contributed by atoms with Crippen molar-refractivity contribution >= 4 is 16.9 Å². The molecule has 0 saturated carbocycles. The number of pyridine rings is 1. The highest BCUT2D eigenvalue weighted by atomic mass is 19.4. The Labute approximate surface area is 120 Å². The van der Waals surface area contributed by atoms with Gasteiger partial charge in [-0.3, -0.25) is 10.1 Å². The highest BCUT2D eigenvalue weighted by Gasteiger charge is 2.30. The van der Waals surface area contributed by atoms with Crippen molar-refractivity contribution < 1.29 is 18.1 Å². The second-order valence-corrected chi connectivity index (χ2v) is 4.48. The summed E-state index contributed by atoms with van der Waals surface area (Å²) in [6.45, 7) is 0. The fourth-order valence-electron chi connectivity index (χ4n) is 1.96. The summed E-state index contributed by atoms with van der Waals surface area (Å²) < 4.78 is 38.1. The van der Waals surface area contributed by atoms with Crippen LogP contribution < -0.4 is 0 Å². The molecule has 0 aliphatic carbocycles. The molecule has 0 bridgehead atoms. The van der Waals surface area contributed by atoms with E-state index < -0.39 is 16.7 Å². The van der Waals surface area contributed by atoms with Gasteiger partial charge in [-0.25, -0.2) is 9.97 Å². The lowest BCUT2D eigenvalue weighted by Crippen LogP contribution is -2.04. The minimum atomic E-state index is -4.46. The molecule has 6 nitrogen and oxygen atoms in total. The van der Waals surface area contributed by atoms with E-state index in [4.69, 9.17) is 0 Å². The normalized spacial score (nSPS) is 11.8. The summed E-state index contributed by atoms with van der Waals surface area (Å²) in [5, 5.41) is 10.7. The summed E-state index contributed by atoms with van der Waals surface area (Å²) in [7, 11) is 0. The van der Waals surface area contributed by atoms with Gasteiger partial charge < -0.3 is 4.98 Å². The van der Waals surface area contributed by atoms with Crippen molar-refractivity contribution in [2.24, 2.45) is 0 Å². The van der Waals surface area contributed by atoms with E-state index in [9.17, 15) is 23.3 Å². The molecule has 0 radical (unpaired) electrons. The van der Waals surface area contributed by atoms with Gasteiger partial charge in [-0.05, 0) is 12.1 Å². The van der Waals surface area contributed by atoms with Crippen molar-refractivity contribution in [3.05, 3.63) is 52.2 Å². The second-order valence-electron chi connectivity index (χ2n) is 4.48. The zero-order valence-electron chi connectivity index (χ0n) is 10.8. The quantitative estimate of drug-likeness (QED) is 0.579. The molecule has 0 amide bonds. The fourth-order valence-corrected chi connectivity index (χ4v) is 1.96. The topological polar surface area (TPSA) is 84.7 Å². The number of benzene rings is 1. The number of H-pyrrole nitrogens is 1. The largest absolute Gasteiger partial charge is 0.416 e. The molecule has 0 saturated heterocycles. The Bertz CT molecular complexity index is 873. The Morgan fingerprint density at radius 3 is 2.68 bits per heavy atom. The SMILES string of the molecule is O=[N+]([O-])c1cnc2[nH]c(-c3cccc(C(F)(F)F)c3)nc2c1. The first-order chi connectivity index (χ1) is 10.3. The summed E-state index contributed by atoms with van der Waals surface area (Å²) in [6.07, 6.45) is -3.41. The molecule has 0 aliphatic rings. The molecule has 2 heterocycles. The van der Waals surface area contributed by atoms with Gasteiger partial charge in [0, 0.05) is 11.6 Å². The van der Waals surface area contributed by atoms with E-state index in [1.807, 2.05) is 0 Å². The van der Waals surface area contributed by atoms with Crippen LogP contribution in [0.15, 0.2) is 36.5 Å². The van der Waals surface area contributed by atoms with Crippen molar-refractivity contribution in [2.75, 3.05) is 0 Å². The van der Waals surface area contributed by atoms with Crippen molar-refractivity contribution in [2.45, 2.75) is 6.18 Å². The fraction of sp³-hybridized carbons (Fsp3) is 0.0769. The van der Waals surface area contributed by atoms with Gasteiger partial charge >= 0.3 is 6.18 Å². The molecular formula is C13H7F3N4O2. The molecule has 9 heteroatoms. The van der Waals surface area contributed by atoms with Gasteiger partial charge in [0.2, 0.25) is 0 Å². The van der Waals surface area contributed by atoms with E-state index in [0.29, 0.717) is 0 Å². The van der Waals surface area contributed by atoms with E-state index in [0.717, 1.165) is 18.3 Å². The van der Waals surface area contributed by atoms with Gasteiger partial charge in [0.1, 0.15) is 17.5 Å². The van der Waals surface area contributed by atoms with E-state index in [1.165, 1.54) is 18.2 Å². The zero-order chi connectivity index (χ0) is 15.9. The number of halogens is 3. The van der Waals surface area contributed by atoms with Crippen molar-refractivity contribution in [1.82, 2.24) is 15.0 Å². The number of nitrogens with zero attached hydrogens (tertiary/aromatic N) is 3. The van der Waals surface area contributed by atoms with Gasteiger partial charge in [0.05, 0.1) is 10.5 Å². The van der Waals surface area contributed by atoms with Crippen LogP contribution in [0.4, 0.5) is 18.9 Å². The summed E-state index contributed by atoms with van der Waals surface area (Å²) in [6, 6.07) is 5.83. The Morgan fingerprint density at radius 2 is 2.00 bits per heavy atom. The number of hydrogen-bond acceptors (Lipinski definition) is 4. The van der Waals surface area contributed by atoms with Crippen LogP contribution in [0.25, 0.3) is 22.6 Å². The zero-order valence-corrected chi connectivity index (χ0v) is 10.8. The van der Waals surface area contributed by atoms with Crippen molar-refractivity contribution in [3.63, 3.8) is 0 Å². The van der Waals surface area contributed by atoms with Gasteiger partial charge in [0.15, 0.2) is 5.65 Å². The maximum atomic E-state index is 12.7. The number of imidazole rings is 1. The van der Waals surface area contributed by atoms with Crippen LogP contribution >= 0.6 is 0 Å². The Hall–Kier alpha value is -2.97.